The van der Waals surface area contributed by atoms with E-state index in [1.165, 1.54) is 11.1 Å². The smallest absolute Gasteiger partial charge is 0.127 e. The molecule has 0 saturated carbocycles. The van der Waals surface area contributed by atoms with E-state index in [9.17, 15) is 0 Å². The van der Waals surface area contributed by atoms with Crippen LogP contribution in [0.25, 0.3) is 0 Å². The highest BCUT2D eigenvalue weighted by molar-refractivity contribution is 5.40. The van der Waals surface area contributed by atoms with Crippen molar-refractivity contribution in [3.63, 3.8) is 0 Å². The van der Waals surface area contributed by atoms with Crippen molar-refractivity contribution in [2.75, 3.05) is 19.8 Å². The minimum Gasteiger partial charge on any atom is -0.494 e. The summed E-state index contributed by atoms with van der Waals surface area (Å²) in [5.41, 5.74) is 2.57. The van der Waals surface area contributed by atoms with Crippen molar-refractivity contribution in [1.82, 2.24) is 5.32 Å². The molecule has 0 aliphatic heterocycles. The second-order valence-electron chi connectivity index (χ2n) is 5.40. The molecule has 0 aliphatic carbocycles. The van der Waals surface area contributed by atoms with E-state index in [1.807, 2.05) is 26.0 Å². The fourth-order valence-electron chi connectivity index (χ4n) is 2.51. The normalized spacial score (nSPS) is 10.5. The Morgan fingerprint density at radius 3 is 2.43 bits per heavy atom. The summed E-state index contributed by atoms with van der Waals surface area (Å²) >= 11 is 0. The number of benzene rings is 2. The van der Waals surface area contributed by atoms with Crippen LogP contribution in [0, 0.1) is 0 Å². The summed E-state index contributed by atoms with van der Waals surface area (Å²) in [7, 11) is 0. The topological polar surface area (TPSA) is 30.5 Å². The van der Waals surface area contributed by atoms with Crippen LogP contribution in [-0.4, -0.2) is 19.8 Å². The fraction of sp³-hybridized carbons (Fsp3) is 0.400. The molecule has 0 aromatic heterocycles. The van der Waals surface area contributed by atoms with Gasteiger partial charge in [-0.05, 0) is 44.9 Å². The molecule has 0 fully saturated rings. The first kappa shape index (κ1) is 17.4. The van der Waals surface area contributed by atoms with Gasteiger partial charge in [0.1, 0.15) is 11.5 Å². The van der Waals surface area contributed by atoms with Crippen LogP contribution in [0.4, 0.5) is 0 Å². The highest BCUT2D eigenvalue weighted by Crippen LogP contribution is 2.25. The van der Waals surface area contributed by atoms with Crippen molar-refractivity contribution in [2.24, 2.45) is 0 Å². The van der Waals surface area contributed by atoms with Crippen LogP contribution in [0.3, 0.4) is 0 Å². The van der Waals surface area contributed by atoms with Crippen LogP contribution in [0.2, 0.25) is 0 Å². The lowest BCUT2D eigenvalue weighted by atomic mass is 10.1. The van der Waals surface area contributed by atoms with Crippen molar-refractivity contribution >= 4 is 0 Å². The van der Waals surface area contributed by atoms with Crippen molar-refractivity contribution in [1.29, 1.82) is 0 Å². The van der Waals surface area contributed by atoms with Gasteiger partial charge >= 0.3 is 0 Å². The molecular weight excluding hydrogens is 286 g/mol. The lowest BCUT2D eigenvalue weighted by Gasteiger charge is -2.13. The molecule has 0 amide bonds. The number of nitrogens with one attached hydrogen (secondary N) is 1. The number of ether oxygens (including phenoxy) is 2. The Morgan fingerprint density at radius 1 is 0.913 bits per heavy atom. The monoisotopic (exact) mass is 313 g/mol. The zero-order valence-electron chi connectivity index (χ0n) is 14.2. The third-order valence-corrected chi connectivity index (χ3v) is 3.63. The average molecular weight is 313 g/mol. The first-order valence-corrected chi connectivity index (χ1v) is 8.46. The minimum atomic E-state index is 0.663. The number of rotatable bonds is 10. The zero-order chi connectivity index (χ0) is 16.3. The molecule has 3 nitrogen and oxygen atoms in total. The molecule has 0 heterocycles. The van der Waals surface area contributed by atoms with E-state index in [0.29, 0.717) is 13.2 Å². The van der Waals surface area contributed by atoms with Crippen LogP contribution in [0.1, 0.15) is 31.4 Å². The Balaban J connectivity index is 1.80. The van der Waals surface area contributed by atoms with Gasteiger partial charge < -0.3 is 14.8 Å². The largest absolute Gasteiger partial charge is 0.494 e. The van der Waals surface area contributed by atoms with Gasteiger partial charge in [-0.2, -0.15) is 0 Å². The molecule has 2 aromatic rings. The van der Waals surface area contributed by atoms with E-state index in [0.717, 1.165) is 37.4 Å². The number of aryl methyl sites for hydroxylation is 1. The van der Waals surface area contributed by atoms with E-state index >= 15 is 0 Å². The number of hydrogen-bond acceptors (Lipinski definition) is 3. The Morgan fingerprint density at radius 2 is 1.70 bits per heavy atom. The minimum absolute atomic E-state index is 0.663. The molecule has 0 radical (unpaired) electrons. The molecule has 0 unspecified atom stereocenters. The molecule has 0 spiro atoms. The molecular formula is C20H27NO2. The van der Waals surface area contributed by atoms with Gasteiger partial charge in [-0.25, -0.2) is 0 Å². The Labute approximate surface area is 139 Å². The van der Waals surface area contributed by atoms with Gasteiger partial charge in [0.15, 0.2) is 0 Å². The van der Waals surface area contributed by atoms with Gasteiger partial charge in [0.05, 0.1) is 13.2 Å². The molecule has 124 valence electrons. The predicted molar refractivity (Wildman–Crippen MR) is 95.2 cm³/mol. The second-order valence-corrected chi connectivity index (χ2v) is 5.40. The molecule has 2 rings (SSSR count). The Hall–Kier alpha value is -2.00. The molecule has 3 heteroatoms. The maximum atomic E-state index is 5.73. The molecule has 2 aromatic carbocycles. The fourth-order valence-corrected chi connectivity index (χ4v) is 2.51. The Bertz CT molecular complexity index is 569. The lowest BCUT2D eigenvalue weighted by molar-refractivity contribution is 0.320. The summed E-state index contributed by atoms with van der Waals surface area (Å²) in [6, 6.07) is 16.7. The second kappa shape index (κ2) is 9.90. The molecule has 23 heavy (non-hydrogen) atoms. The first-order chi connectivity index (χ1) is 11.3. The van der Waals surface area contributed by atoms with Crippen molar-refractivity contribution in [2.45, 2.75) is 33.2 Å². The first-order valence-electron chi connectivity index (χ1n) is 8.46. The zero-order valence-corrected chi connectivity index (χ0v) is 14.2. The van der Waals surface area contributed by atoms with E-state index in [4.69, 9.17) is 9.47 Å². The standard InChI is InChI=1S/C20H27NO2/c1-3-22-19-13-12-18(20(15-19)23-4-2)16-21-14-8-11-17-9-6-5-7-10-17/h5-7,9-10,12-13,15,21H,3-4,8,11,14,16H2,1-2H3. The molecule has 1 N–H and O–H groups in total. The molecule has 0 atom stereocenters. The number of hydrogen-bond donors (Lipinski definition) is 1. The predicted octanol–water partition coefficient (Wildman–Crippen LogP) is 4.21. The SMILES string of the molecule is CCOc1ccc(CNCCCc2ccccc2)c(OCC)c1. The highest BCUT2D eigenvalue weighted by Gasteiger charge is 2.05. The maximum absolute atomic E-state index is 5.73. The van der Waals surface area contributed by atoms with Gasteiger partial charge in [-0.3, -0.25) is 0 Å². The highest BCUT2D eigenvalue weighted by atomic mass is 16.5. The summed E-state index contributed by atoms with van der Waals surface area (Å²) in [5.74, 6) is 1.78. The van der Waals surface area contributed by atoms with E-state index in [2.05, 4.69) is 41.7 Å². The van der Waals surface area contributed by atoms with Crippen LogP contribution in [0.5, 0.6) is 11.5 Å². The third-order valence-electron chi connectivity index (χ3n) is 3.63. The van der Waals surface area contributed by atoms with Gasteiger partial charge in [-0.1, -0.05) is 36.4 Å². The van der Waals surface area contributed by atoms with Crippen molar-refractivity contribution < 1.29 is 9.47 Å². The van der Waals surface area contributed by atoms with E-state index in [1.54, 1.807) is 0 Å². The van der Waals surface area contributed by atoms with Gasteiger partial charge in [-0.15, -0.1) is 0 Å². The molecule has 0 saturated heterocycles. The van der Waals surface area contributed by atoms with Gasteiger partial charge in [0, 0.05) is 18.2 Å². The van der Waals surface area contributed by atoms with Gasteiger partial charge in [0.2, 0.25) is 0 Å². The molecule has 0 aliphatic rings. The van der Waals surface area contributed by atoms with E-state index in [-0.39, 0.29) is 0 Å². The van der Waals surface area contributed by atoms with Crippen LogP contribution < -0.4 is 14.8 Å². The Kier molecular flexibility index (Phi) is 7.47. The summed E-state index contributed by atoms with van der Waals surface area (Å²) in [5, 5.41) is 3.50. The van der Waals surface area contributed by atoms with Crippen LogP contribution in [0.15, 0.2) is 48.5 Å². The van der Waals surface area contributed by atoms with Crippen molar-refractivity contribution in [3.05, 3.63) is 59.7 Å². The summed E-state index contributed by atoms with van der Waals surface area (Å²) in [6.45, 7) is 7.14. The molecule has 0 bridgehead atoms. The van der Waals surface area contributed by atoms with Crippen molar-refractivity contribution in [3.8, 4) is 11.5 Å². The lowest BCUT2D eigenvalue weighted by Crippen LogP contribution is -2.16. The average Bonchev–Trinajstić information content (AvgIpc) is 2.58. The van der Waals surface area contributed by atoms with Crippen LogP contribution in [-0.2, 0) is 13.0 Å². The maximum Gasteiger partial charge on any atom is 0.127 e. The van der Waals surface area contributed by atoms with Gasteiger partial charge in [0.25, 0.3) is 0 Å². The summed E-state index contributed by atoms with van der Waals surface area (Å²) in [4.78, 5) is 0. The van der Waals surface area contributed by atoms with E-state index < -0.39 is 0 Å². The quantitative estimate of drug-likeness (QED) is 0.667. The summed E-state index contributed by atoms with van der Waals surface area (Å²) < 4.78 is 11.3. The third kappa shape index (κ3) is 5.95. The summed E-state index contributed by atoms with van der Waals surface area (Å²) in [6.07, 6.45) is 2.24. The van der Waals surface area contributed by atoms with Crippen LogP contribution >= 0.6 is 0 Å².